The fourth-order valence-electron chi connectivity index (χ4n) is 0.926. The second kappa shape index (κ2) is 4.16. The number of anilines is 1. The number of carbonyl (C=O) groups excluding carboxylic acids is 1. The number of hydrogen-bond donors (Lipinski definition) is 1. The fraction of sp³-hybridized carbons (Fsp3) is 0.125. The Morgan fingerprint density at radius 3 is 2.50 bits per heavy atom. The highest BCUT2D eigenvalue weighted by Gasteiger charge is 2.33. The van der Waals surface area contributed by atoms with Crippen LogP contribution in [0.2, 0.25) is 0 Å². The summed E-state index contributed by atoms with van der Waals surface area (Å²) in [6.07, 6.45) is -4.05. The Balaban J connectivity index is 3.20. The number of amides is 1. The first kappa shape index (κ1) is 11.3. The molecule has 0 aliphatic rings. The van der Waals surface area contributed by atoms with Crippen molar-refractivity contribution in [1.82, 2.24) is 0 Å². The van der Waals surface area contributed by atoms with Crippen LogP contribution in [-0.4, -0.2) is 6.41 Å². The van der Waals surface area contributed by atoms with Gasteiger partial charge >= 0.3 is 6.18 Å². The summed E-state index contributed by atoms with van der Waals surface area (Å²) in [4.78, 5) is 10.1. The second-order valence-electron chi connectivity index (χ2n) is 2.43. The number of benzene rings is 1. The SMILES string of the molecule is O=CNc1cccc(C(F)(F)F)c1I. The van der Waals surface area contributed by atoms with Gasteiger partial charge in [-0.2, -0.15) is 13.2 Å². The largest absolute Gasteiger partial charge is 0.417 e. The second-order valence-corrected chi connectivity index (χ2v) is 3.51. The minimum Gasteiger partial charge on any atom is -0.328 e. The first-order valence-corrected chi connectivity index (χ1v) is 4.60. The molecule has 1 amide bonds. The van der Waals surface area contributed by atoms with Gasteiger partial charge in [-0.25, -0.2) is 0 Å². The van der Waals surface area contributed by atoms with Crippen molar-refractivity contribution in [3.05, 3.63) is 27.3 Å². The van der Waals surface area contributed by atoms with Crippen LogP contribution in [0.5, 0.6) is 0 Å². The van der Waals surface area contributed by atoms with E-state index in [4.69, 9.17) is 0 Å². The molecule has 0 saturated heterocycles. The van der Waals surface area contributed by atoms with Gasteiger partial charge in [0.05, 0.1) is 11.3 Å². The Kier molecular flexibility index (Phi) is 3.35. The molecule has 14 heavy (non-hydrogen) atoms. The van der Waals surface area contributed by atoms with Crippen molar-refractivity contribution in [3.8, 4) is 0 Å². The zero-order valence-corrected chi connectivity index (χ0v) is 8.89. The summed E-state index contributed by atoms with van der Waals surface area (Å²) in [5.41, 5.74) is -0.583. The van der Waals surface area contributed by atoms with Crippen LogP contribution in [0.1, 0.15) is 5.56 Å². The van der Waals surface area contributed by atoms with Crippen LogP contribution in [0.4, 0.5) is 18.9 Å². The van der Waals surface area contributed by atoms with E-state index < -0.39 is 11.7 Å². The monoisotopic (exact) mass is 315 g/mol. The minimum absolute atomic E-state index is 0.00954. The van der Waals surface area contributed by atoms with Crippen LogP contribution in [0.3, 0.4) is 0 Å². The average Bonchev–Trinajstić information content (AvgIpc) is 2.07. The Morgan fingerprint density at radius 1 is 1.36 bits per heavy atom. The van der Waals surface area contributed by atoms with E-state index in [9.17, 15) is 18.0 Å². The molecular weight excluding hydrogens is 310 g/mol. The van der Waals surface area contributed by atoms with Crippen molar-refractivity contribution in [3.63, 3.8) is 0 Å². The molecule has 76 valence electrons. The predicted octanol–water partition coefficient (Wildman–Crippen LogP) is 2.88. The number of halogens is 4. The molecule has 1 aromatic rings. The van der Waals surface area contributed by atoms with Gasteiger partial charge in [0.15, 0.2) is 0 Å². The van der Waals surface area contributed by atoms with E-state index in [-0.39, 0.29) is 9.26 Å². The summed E-state index contributed by atoms with van der Waals surface area (Å²) >= 11 is 1.55. The molecule has 0 radical (unpaired) electrons. The van der Waals surface area contributed by atoms with E-state index in [1.807, 2.05) is 0 Å². The summed E-state index contributed by atoms with van der Waals surface area (Å²) in [5, 5.41) is 2.20. The van der Waals surface area contributed by atoms with Gasteiger partial charge in [0.2, 0.25) is 6.41 Å². The van der Waals surface area contributed by atoms with E-state index in [0.29, 0.717) is 6.41 Å². The van der Waals surface area contributed by atoms with Gasteiger partial charge in [0.1, 0.15) is 0 Å². The van der Waals surface area contributed by atoms with Crippen LogP contribution < -0.4 is 5.32 Å². The minimum atomic E-state index is -4.39. The van der Waals surface area contributed by atoms with Gasteiger partial charge in [-0.05, 0) is 34.7 Å². The third-order valence-corrected chi connectivity index (χ3v) is 2.68. The molecule has 2 nitrogen and oxygen atoms in total. The maximum absolute atomic E-state index is 12.3. The predicted molar refractivity (Wildman–Crippen MR) is 53.8 cm³/mol. The fourth-order valence-corrected chi connectivity index (χ4v) is 1.75. The zero-order chi connectivity index (χ0) is 10.8. The molecule has 0 saturated carbocycles. The first-order valence-electron chi connectivity index (χ1n) is 3.52. The number of carbonyl (C=O) groups is 1. The smallest absolute Gasteiger partial charge is 0.328 e. The lowest BCUT2D eigenvalue weighted by molar-refractivity contribution is -0.138. The van der Waals surface area contributed by atoms with Crippen LogP contribution in [0.25, 0.3) is 0 Å². The number of rotatable bonds is 2. The van der Waals surface area contributed by atoms with Crippen molar-refractivity contribution in [2.75, 3.05) is 5.32 Å². The van der Waals surface area contributed by atoms with Crippen molar-refractivity contribution in [1.29, 1.82) is 0 Å². The van der Waals surface area contributed by atoms with E-state index in [0.717, 1.165) is 6.07 Å². The molecule has 0 fully saturated rings. The van der Waals surface area contributed by atoms with Crippen LogP contribution in [0.15, 0.2) is 18.2 Å². The molecular formula is C8H5F3INO. The molecule has 0 aliphatic carbocycles. The zero-order valence-electron chi connectivity index (χ0n) is 6.73. The molecule has 0 bridgehead atoms. The van der Waals surface area contributed by atoms with Gasteiger partial charge < -0.3 is 5.32 Å². The van der Waals surface area contributed by atoms with E-state index in [1.165, 1.54) is 12.1 Å². The van der Waals surface area contributed by atoms with E-state index in [1.54, 1.807) is 22.6 Å². The molecule has 6 heteroatoms. The molecule has 0 aliphatic heterocycles. The summed E-state index contributed by atoms with van der Waals surface area (Å²) < 4.78 is 37.0. The van der Waals surface area contributed by atoms with Gasteiger partial charge in [-0.3, -0.25) is 4.79 Å². The maximum Gasteiger partial charge on any atom is 0.417 e. The Morgan fingerprint density at radius 2 is 2.00 bits per heavy atom. The third-order valence-electron chi connectivity index (χ3n) is 1.52. The summed E-state index contributed by atoms with van der Waals surface area (Å²) in [6, 6.07) is 3.62. The molecule has 1 N–H and O–H groups in total. The Labute approximate surface area is 91.6 Å². The normalized spacial score (nSPS) is 11.1. The Hall–Kier alpha value is -0.790. The molecule has 0 unspecified atom stereocenters. The third kappa shape index (κ3) is 2.37. The quantitative estimate of drug-likeness (QED) is 0.660. The van der Waals surface area contributed by atoms with Gasteiger partial charge in [0.25, 0.3) is 0 Å². The van der Waals surface area contributed by atoms with E-state index >= 15 is 0 Å². The first-order chi connectivity index (χ1) is 6.46. The van der Waals surface area contributed by atoms with Crippen molar-refractivity contribution < 1.29 is 18.0 Å². The number of alkyl halides is 3. The van der Waals surface area contributed by atoms with Crippen LogP contribution >= 0.6 is 22.6 Å². The highest BCUT2D eigenvalue weighted by Crippen LogP contribution is 2.35. The molecule has 0 atom stereocenters. The van der Waals surface area contributed by atoms with Crippen LogP contribution in [-0.2, 0) is 11.0 Å². The van der Waals surface area contributed by atoms with E-state index in [2.05, 4.69) is 5.32 Å². The van der Waals surface area contributed by atoms with Crippen molar-refractivity contribution >= 4 is 34.7 Å². The Bertz CT molecular complexity index is 351. The van der Waals surface area contributed by atoms with Gasteiger partial charge in [-0.1, -0.05) is 6.07 Å². The average molecular weight is 315 g/mol. The standard InChI is InChI=1S/C8H5F3INO/c9-8(10,11)5-2-1-3-6(7(5)12)13-4-14/h1-4H,(H,13,14). The molecule has 1 rings (SSSR count). The highest BCUT2D eigenvalue weighted by atomic mass is 127. The number of nitrogens with one attached hydrogen (secondary N) is 1. The highest BCUT2D eigenvalue weighted by molar-refractivity contribution is 14.1. The summed E-state index contributed by atoms with van der Waals surface area (Å²) in [6.45, 7) is 0. The summed E-state index contributed by atoms with van der Waals surface area (Å²) in [7, 11) is 0. The maximum atomic E-state index is 12.3. The lowest BCUT2D eigenvalue weighted by Gasteiger charge is -2.11. The topological polar surface area (TPSA) is 29.1 Å². The molecule has 0 spiro atoms. The summed E-state index contributed by atoms with van der Waals surface area (Å²) in [5.74, 6) is 0. The van der Waals surface area contributed by atoms with Crippen molar-refractivity contribution in [2.24, 2.45) is 0 Å². The lowest BCUT2D eigenvalue weighted by Crippen LogP contribution is -2.09. The van der Waals surface area contributed by atoms with Crippen LogP contribution in [0, 0.1) is 3.57 Å². The number of hydrogen-bond acceptors (Lipinski definition) is 1. The molecule has 0 aromatic heterocycles. The van der Waals surface area contributed by atoms with Gasteiger partial charge in [-0.15, -0.1) is 0 Å². The lowest BCUT2D eigenvalue weighted by atomic mass is 10.2. The van der Waals surface area contributed by atoms with Gasteiger partial charge in [0, 0.05) is 3.57 Å². The molecule has 0 heterocycles. The van der Waals surface area contributed by atoms with Crippen molar-refractivity contribution in [2.45, 2.75) is 6.18 Å². The molecule has 1 aromatic carbocycles.